The third-order valence-electron chi connectivity index (χ3n) is 6.54. The third kappa shape index (κ3) is 4.24. The first-order chi connectivity index (χ1) is 16.6. The molecule has 1 saturated carbocycles. The van der Waals surface area contributed by atoms with Gasteiger partial charge in [0.2, 0.25) is 5.95 Å². The molecule has 0 bridgehead atoms. The molecule has 6 rings (SSSR count). The Morgan fingerprint density at radius 2 is 1.94 bits per heavy atom. The Morgan fingerprint density at radius 3 is 2.71 bits per heavy atom. The molecule has 1 aliphatic heterocycles. The Balaban J connectivity index is 1.23. The first-order valence-corrected chi connectivity index (χ1v) is 11.8. The SMILES string of the molecule is Cn1nc2ccc(-c3nc(Nc4ccc(CN5CCNCC5)cn4)ncc3F)cc2c1C1CC1. The molecule has 2 aliphatic rings. The standard InChI is InChI=1S/C25H27FN8/c1-33-24(17-3-4-17)19-12-18(5-6-21(19)32-33)23-20(26)14-29-25(31-23)30-22-7-2-16(13-28-22)15-34-10-8-27-9-11-34/h2,5-7,12-14,17,27H,3-4,8-11,15H2,1H3,(H,28,29,30,31). The molecular weight excluding hydrogens is 431 g/mol. The van der Waals surface area contributed by atoms with Gasteiger partial charge in [0.15, 0.2) is 5.82 Å². The number of fused-ring (bicyclic) bond motifs is 1. The summed E-state index contributed by atoms with van der Waals surface area (Å²) in [5.74, 6) is 1.02. The summed E-state index contributed by atoms with van der Waals surface area (Å²) in [6.45, 7) is 5.00. The highest BCUT2D eigenvalue weighted by atomic mass is 19.1. The van der Waals surface area contributed by atoms with Crippen LogP contribution in [0.1, 0.15) is 30.0 Å². The highest BCUT2D eigenvalue weighted by molar-refractivity contribution is 5.87. The molecule has 0 spiro atoms. The van der Waals surface area contributed by atoms with Gasteiger partial charge in [-0.25, -0.2) is 19.3 Å². The lowest BCUT2D eigenvalue weighted by Crippen LogP contribution is -2.42. The van der Waals surface area contributed by atoms with Crippen LogP contribution in [-0.2, 0) is 13.6 Å². The normalized spacial score (nSPS) is 16.8. The molecule has 4 aromatic rings. The number of aryl methyl sites for hydroxylation is 1. The van der Waals surface area contributed by atoms with E-state index >= 15 is 0 Å². The highest BCUT2D eigenvalue weighted by Crippen LogP contribution is 2.43. The van der Waals surface area contributed by atoms with Gasteiger partial charge in [-0.15, -0.1) is 0 Å². The second-order valence-corrected chi connectivity index (χ2v) is 9.11. The van der Waals surface area contributed by atoms with Gasteiger partial charge in [0.1, 0.15) is 11.5 Å². The monoisotopic (exact) mass is 458 g/mol. The maximum Gasteiger partial charge on any atom is 0.229 e. The summed E-state index contributed by atoms with van der Waals surface area (Å²) in [7, 11) is 1.97. The average Bonchev–Trinajstić information content (AvgIpc) is 3.63. The van der Waals surface area contributed by atoms with Gasteiger partial charge >= 0.3 is 0 Å². The zero-order valence-corrected chi connectivity index (χ0v) is 19.1. The van der Waals surface area contributed by atoms with Gasteiger partial charge in [0.25, 0.3) is 0 Å². The largest absolute Gasteiger partial charge is 0.314 e. The molecule has 0 unspecified atom stereocenters. The minimum absolute atomic E-state index is 0.264. The first-order valence-electron chi connectivity index (χ1n) is 11.8. The maximum absolute atomic E-state index is 14.7. The summed E-state index contributed by atoms with van der Waals surface area (Å²) >= 11 is 0. The number of hydrogen-bond acceptors (Lipinski definition) is 7. The fourth-order valence-corrected chi connectivity index (χ4v) is 4.67. The Labute approximate surface area is 197 Å². The van der Waals surface area contributed by atoms with Gasteiger partial charge in [-0.05, 0) is 36.6 Å². The van der Waals surface area contributed by atoms with Crippen LogP contribution in [-0.4, -0.2) is 55.8 Å². The van der Waals surface area contributed by atoms with Crippen molar-refractivity contribution >= 4 is 22.7 Å². The third-order valence-corrected chi connectivity index (χ3v) is 6.54. The van der Waals surface area contributed by atoms with Crippen LogP contribution in [0.5, 0.6) is 0 Å². The Bertz CT molecular complexity index is 1320. The van der Waals surface area contributed by atoms with Crippen molar-refractivity contribution in [2.45, 2.75) is 25.3 Å². The molecule has 2 fully saturated rings. The molecule has 0 radical (unpaired) electrons. The number of pyridine rings is 1. The lowest BCUT2D eigenvalue weighted by molar-refractivity contribution is 0.233. The molecule has 0 amide bonds. The topological polar surface area (TPSA) is 83.8 Å². The summed E-state index contributed by atoms with van der Waals surface area (Å²) in [5.41, 5.74) is 4.27. The number of aromatic nitrogens is 5. The zero-order chi connectivity index (χ0) is 23.1. The average molecular weight is 459 g/mol. The van der Waals surface area contributed by atoms with E-state index in [1.54, 1.807) is 0 Å². The minimum atomic E-state index is -0.457. The number of anilines is 2. The number of nitrogens with zero attached hydrogens (tertiary/aromatic N) is 6. The van der Waals surface area contributed by atoms with Gasteiger partial charge in [-0.3, -0.25) is 9.58 Å². The summed E-state index contributed by atoms with van der Waals surface area (Å²) in [6.07, 6.45) is 5.43. The van der Waals surface area contributed by atoms with E-state index in [9.17, 15) is 4.39 Å². The van der Waals surface area contributed by atoms with Crippen LogP contribution in [0.25, 0.3) is 22.2 Å². The summed E-state index contributed by atoms with van der Waals surface area (Å²) in [6, 6.07) is 9.76. The highest BCUT2D eigenvalue weighted by Gasteiger charge is 2.29. The van der Waals surface area contributed by atoms with E-state index < -0.39 is 5.82 Å². The number of benzene rings is 1. The Hall–Kier alpha value is -3.43. The fourth-order valence-electron chi connectivity index (χ4n) is 4.67. The minimum Gasteiger partial charge on any atom is -0.314 e. The number of nitrogens with one attached hydrogen (secondary N) is 2. The molecule has 8 nitrogen and oxygen atoms in total. The molecule has 1 aliphatic carbocycles. The summed E-state index contributed by atoms with van der Waals surface area (Å²) < 4.78 is 16.7. The van der Waals surface area contributed by atoms with Crippen LogP contribution in [0.15, 0.2) is 42.7 Å². The van der Waals surface area contributed by atoms with E-state index in [0.717, 1.165) is 49.2 Å². The van der Waals surface area contributed by atoms with Crippen molar-refractivity contribution in [1.29, 1.82) is 0 Å². The van der Waals surface area contributed by atoms with Gasteiger partial charge in [-0.2, -0.15) is 5.10 Å². The van der Waals surface area contributed by atoms with Crippen molar-refractivity contribution in [3.63, 3.8) is 0 Å². The number of piperazine rings is 1. The van der Waals surface area contributed by atoms with Gasteiger partial charge < -0.3 is 10.6 Å². The second-order valence-electron chi connectivity index (χ2n) is 9.11. The van der Waals surface area contributed by atoms with E-state index in [1.165, 1.54) is 24.7 Å². The molecule has 9 heteroatoms. The molecule has 4 heterocycles. The van der Waals surface area contributed by atoms with Crippen LogP contribution < -0.4 is 10.6 Å². The van der Waals surface area contributed by atoms with Gasteiger partial charge in [0, 0.05) is 68.5 Å². The maximum atomic E-state index is 14.7. The first kappa shape index (κ1) is 21.1. The van der Waals surface area contributed by atoms with E-state index in [4.69, 9.17) is 0 Å². The quantitative estimate of drug-likeness (QED) is 0.457. The second kappa shape index (κ2) is 8.73. The van der Waals surface area contributed by atoms with Crippen molar-refractivity contribution in [2.24, 2.45) is 7.05 Å². The van der Waals surface area contributed by atoms with E-state index in [2.05, 4.69) is 41.7 Å². The van der Waals surface area contributed by atoms with E-state index in [0.29, 0.717) is 23.2 Å². The van der Waals surface area contributed by atoms with Crippen LogP contribution in [0, 0.1) is 5.82 Å². The smallest absolute Gasteiger partial charge is 0.229 e. The molecule has 3 aromatic heterocycles. The van der Waals surface area contributed by atoms with Crippen LogP contribution in [0.4, 0.5) is 16.2 Å². The van der Waals surface area contributed by atoms with E-state index in [1.807, 2.05) is 42.2 Å². The van der Waals surface area contributed by atoms with Crippen molar-refractivity contribution in [3.05, 3.63) is 59.8 Å². The fraction of sp³-hybridized carbons (Fsp3) is 0.360. The molecule has 1 aromatic carbocycles. The lowest BCUT2D eigenvalue weighted by Gasteiger charge is -2.27. The van der Waals surface area contributed by atoms with Gasteiger partial charge in [-0.1, -0.05) is 12.1 Å². The molecule has 0 atom stereocenters. The number of rotatable bonds is 6. The number of hydrogen-bond donors (Lipinski definition) is 2. The predicted octanol–water partition coefficient (Wildman–Crippen LogP) is 3.59. The Kier molecular flexibility index (Phi) is 5.43. The number of halogens is 1. The molecule has 1 saturated heterocycles. The molecular formula is C25H27FN8. The van der Waals surface area contributed by atoms with Gasteiger partial charge in [0.05, 0.1) is 11.7 Å². The zero-order valence-electron chi connectivity index (χ0n) is 19.1. The van der Waals surface area contributed by atoms with Crippen molar-refractivity contribution in [2.75, 3.05) is 31.5 Å². The molecule has 2 N–H and O–H groups in total. The summed E-state index contributed by atoms with van der Waals surface area (Å²) in [5, 5.41) is 12.2. The predicted molar refractivity (Wildman–Crippen MR) is 129 cm³/mol. The lowest BCUT2D eigenvalue weighted by atomic mass is 10.1. The van der Waals surface area contributed by atoms with Crippen molar-refractivity contribution in [1.82, 2.24) is 34.9 Å². The van der Waals surface area contributed by atoms with Crippen LogP contribution >= 0.6 is 0 Å². The molecule has 34 heavy (non-hydrogen) atoms. The molecule has 174 valence electrons. The van der Waals surface area contributed by atoms with E-state index in [-0.39, 0.29) is 5.69 Å². The Morgan fingerprint density at radius 1 is 1.09 bits per heavy atom. The van der Waals surface area contributed by atoms with Crippen LogP contribution in [0.2, 0.25) is 0 Å². The summed E-state index contributed by atoms with van der Waals surface area (Å²) in [4.78, 5) is 15.5. The van der Waals surface area contributed by atoms with Crippen LogP contribution in [0.3, 0.4) is 0 Å². The van der Waals surface area contributed by atoms with Crippen molar-refractivity contribution in [3.8, 4) is 11.3 Å². The van der Waals surface area contributed by atoms with Crippen molar-refractivity contribution < 1.29 is 4.39 Å².